The lowest BCUT2D eigenvalue weighted by molar-refractivity contribution is -0.0131. The average Bonchev–Trinajstić information content (AvgIpc) is 2.82. The zero-order valence-electron chi connectivity index (χ0n) is 18.7. The summed E-state index contributed by atoms with van der Waals surface area (Å²) in [6, 6.07) is 15.0. The molecule has 2 aliphatic rings. The number of pyridine rings is 1. The Labute approximate surface area is 188 Å². The maximum absolute atomic E-state index is 12.1. The van der Waals surface area contributed by atoms with Crippen LogP contribution in [0, 0.1) is 6.92 Å². The number of hydroxylamine groups is 1. The van der Waals surface area contributed by atoms with E-state index >= 15 is 0 Å². The van der Waals surface area contributed by atoms with Crippen molar-refractivity contribution in [2.24, 2.45) is 0 Å². The number of nitrogens with zero attached hydrogens (tertiary/aromatic N) is 2. The van der Waals surface area contributed by atoms with Crippen LogP contribution in [0.25, 0.3) is 21.9 Å². The zero-order valence-corrected chi connectivity index (χ0v) is 18.7. The largest absolute Gasteiger partial charge is 0.487 e. The van der Waals surface area contributed by atoms with Crippen LogP contribution in [0.3, 0.4) is 0 Å². The highest BCUT2D eigenvalue weighted by atomic mass is 16.7. The van der Waals surface area contributed by atoms with Gasteiger partial charge in [0, 0.05) is 43.2 Å². The number of piperidine rings is 1. The number of benzene rings is 2. The van der Waals surface area contributed by atoms with E-state index in [0.717, 1.165) is 37.1 Å². The highest BCUT2D eigenvalue weighted by molar-refractivity contribution is 5.88. The SMILES string of the molecule is CCONC(=O)N1CCC2(CCc3cc(-c4ccc5c(C)nccc5c4)ccc3O2)CC1. The molecule has 0 unspecified atom stereocenters. The molecule has 5 rings (SSSR count). The number of fused-ring (bicyclic) bond motifs is 2. The van der Waals surface area contributed by atoms with E-state index in [1.54, 1.807) is 4.90 Å². The van der Waals surface area contributed by atoms with Gasteiger partial charge in [-0.25, -0.2) is 10.3 Å². The van der Waals surface area contributed by atoms with Gasteiger partial charge in [0.1, 0.15) is 11.4 Å². The van der Waals surface area contributed by atoms with Gasteiger partial charge in [0.15, 0.2) is 0 Å². The van der Waals surface area contributed by atoms with Gasteiger partial charge in [0.2, 0.25) is 0 Å². The molecule has 0 bridgehead atoms. The standard InChI is InChI=1S/C26H29N3O3/c1-3-31-28-25(30)29-14-11-26(12-15-29)10-8-22-17-20(5-7-24(22)32-26)19-4-6-23-18(2)27-13-9-21(23)16-19/h4-7,9,13,16-17H,3,8,10-12,14-15H2,1-2H3,(H,28,30). The highest BCUT2D eigenvalue weighted by Gasteiger charge is 2.40. The summed E-state index contributed by atoms with van der Waals surface area (Å²) in [5, 5.41) is 2.41. The Balaban J connectivity index is 1.31. The highest BCUT2D eigenvalue weighted by Crippen LogP contribution is 2.41. The summed E-state index contributed by atoms with van der Waals surface area (Å²) < 4.78 is 6.55. The fraction of sp³-hybridized carbons (Fsp3) is 0.385. The second-order valence-corrected chi connectivity index (χ2v) is 8.77. The molecule has 0 saturated carbocycles. The third kappa shape index (κ3) is 3.91. The number of hydrogen-bond donors (Lipinski definition) is 1. The van der Waals surface area contributed by atoms with Crippen molar-refractivity contribution in [2.75, 3.05) is 19.7 Å². The van der Waals surface area contributed by atoms with Gasteiger partial charge in [-0.1, -0.05) is 18.2 Å². The lowest BCUT2D eigenvalue weighted by Crippen LogP contribution is -2.53. The first-order chi connectivity index (χ1) is 15.6. The quantitative estimate of drug-likeness (QED) is 0.591. The first-order valence-electron chi connectivity index (χ1n) is 11.4. The van der Waals surface area contributed by atoms with Crippen molar-refractivity contribution in [3.63, 3.8) is 0 Å². The van der Waals surface area contributed by atoms with E-state index < -0.39 is 0 Å². The third-order valence-corrected chi connectivity index (χ3v) is 6.80. The van der Waals surface area contributed by atoms with Crippen LogP contribution in [-0.2, 0) is 11.3 Å². The molecule has 6 heteroatoms. The molecule has 166 valence electrons. The number of aryl methyl sites for hydroxylation is 2. The molecule has 0 atom stereocenters. The molecule has 3 heterocycles. The number of aromatic nitrogens is 1. The maximum Gasteiger partial charge on any atom is 0.341 e. The molecule has 3 aromatic rings. The molecule has 0 radical (unpaired) electrons. The van der Waals surface area contributed by atoms with Crippen molar-refractivity contribution in [1.29, 1.82) is 0 Å². The van der Waals surface area contributed by atoms with Crippen LogP contribution in [0.1, 0.15) is 37.4 Å². The van der Waals surface area contributed by atoms with E-state index in [2.05, 4.69) is 52.9 Å². The lowest BCUT2D eigenvalue weighted by atomic mass is 9.82. The van der Waals surface area contributed by atoms with E-state index in [-0.39, 0.29) is 11.6 Å². The number of nitrogens with one attached hydrogen (secondary N) is 1. The normalized spacial score (nSPS) is 17.1. The van der Waals surface area contributed by atoms with Gasteiger partial charge in [0.05, 0.1) is 6.61 Å². The summed E-state index contributed by atoms with van der Waals surface area (Å²) >= 11 is 0. The van der Waals surface area contributed by atoms with Crippen LogP contribution >= 0.6 is 0 Å². The number of rotatable bonds is 3. The number of hydrogen-bond acceptors (Lipinski definition) is 4. The lowest BCUT2D eigenvalue weighted by Gasteiger charge is -2.44. The molecule has 32 heavy (non-hydrogen) atoms. The second-order valence-electron chi connectivity index (χ2n) is 8.77. The predicted molar refractivity (Wildman–Crippen MR) is 125 cm³/mol. The second kappa shape index (κ2) is 8.43. The van der Waals surface area contributed by atoms with Crippen molar-refractivity contribution in [1.82, 2.24) is 15.4 Å². The first kappa shape index (κ1) is 20.8. The topological polar surface area (TPSA) is 63.7 Å². The average molecular weight is 432 g/mol. The Morgan fingerprint density at radius 2 is 1.91 bits per heavy atom. The van der Waals surface area contributed by atoms with Gasteiger partial charge in [-0.15, -0.1) is 0 Å². The van der Waals surface area contributed by atoms with Gasteiger partial charge >= 0.3 is 6.03 Å². The molecule has 2 aliphatic heterocycles. The van der Waals surface area contributed by atoms with E-state index in [4.69, 9.17) is 9.57 Å². The van der Waals surface area contributed by atoms with Crippen molar-refractivity contribution < 1.29 is 14.4 Å². The summed E-state index contributed by atoms with van der Waals surface area (Å²) in [5.41, 5.74) is 7.04. The Morgan fingerprint density at radius 1 is 1.12 bits per heavy atom. The molecular formula is C26H29N3O3. The minimum Gasteiger partial charge on any atom is -0.487 e. The van der Waals surface area contributed by atoms with Gasteiger partial charge in [-0.2, -0.15) is 0 Å². The number of ether oxygens (including phenoxy) is 1. The van der Waals surface area contributed by atoms with Crippen LogP contribution in [-0.4, -0.2) is 41.2 Å². The van der Waals surface area contributed by atoms with E-state index in [1.807, 2.05) is 20.0 Å². The summed E-state index contributed by atoms with van der Waals surface area (Å²) in [6.45, 7) is 5.71. The summed E-state index contributed by atoms with van der Waals surface area (Å²) in [6.07, 6.45) is 5.52. The number of carbonyl (C=O) groups excluding carboxylic acids is 1. The molecule has 1 saturated heterocycles. The molecule has 1 N–H and O–H groups in total. The molecule has 6 nitrogen and oxygen atoms in total. The van der Waals surface area contributed by atoms with Crippen LogP contribution in [0.4, 0.5) is 4.79 Å². The van der Waals surface area contributed by atoms with Crippen molar-refractivity contribution in [3.8, 4) is 16.9 Å². The van der Waals surface area contributed by atoms with Crippen LogP contribution in [0.5, 0.6) is 5.75 Å². The fourth-order valence-electron chi connectivity index (χ4n) is 4.88. The summed E-state index contributed by atoms with van der Waals surface area (Å²) in [7, 11) is 0. The van der Waals surface area contributed by atoms with Crippen molar-refractivity contribution in [2.45, 2.75) is 45.1 Å². The zero-order chi connectivity index (χ0) is 22.1. The van der Waals surface area contributed by atoms with Crippen molar-refractivity contribution >= 4 is 16.8 Å². The molecule has 1 aromatic heterocycles. The minimum atomic E-state index is -0.176. The van der Waals surface area contributed by atoms with Crippen molar-refractivity contribution in [3.05, 3.63) is 59.9 Å². The van der Waals surface area contributed by atoms with Gasteiger partial charge < -0.3 is 9.64 Å². The number of likely N-dealkylation sites (tertiary alicyclic amines) is 1. The molecular weight excluding hydrogens is 402 g/mol. The Kier molecular flexibility index (Phi) is 5.47. The van der Waals surface area contributed by atoms with Crippen LogP contribution in [0.2, 0.25) is 0 Å². The predicted octanol–water partition coefficient (Wildman–Crippen LogP) is 5.03. The Morgan fingerprint density at radius 3 is 2.72 bits per heavy atom. The Bertz CT molecular complexity index is 1150. The monoisotopic (exact) mass is 431 g/mol. The number of carbonyl (C=O) groups is 1. The number of urea groups is 1. The van der Waals surface area contributed by atoms with Crippen LogP contribution in [0.15, 0.2) is 48.7 Å². The summed E-state index contributed by atoms with van der Waals surface area (Å²) in [5.74, 6) is 0.980. The molecule has 2 amide bonds. The minimum absolute atomic E-state index is 0.163. The maximum atomic E-state index is 12.1. The smallest absolute Gasteiger partial charge is 0.341 e. The van der Waals surface area contributed by atoms with E-state index in [1.165, 1.54) is 27.5 Å². The van der Waals surface area contributed by atoms with E-state index in [0.29, 0.717) is 19.7 Å². The van der Waals surface area contributed by atoms with Gasteiger partial charge in [-0.05, 0) is 73.0 Å². The number of amides is 2. The summed E-state index contributed by atoms with van der Waals surface area (Å²) in [4.78, 5) is 23.4. The molecule has 0 aliphatic carbocycles. The molecule has 1 spiro atoms. The van der Waals surface area contributed by atoms with Crippen LogP contribution < -0.4 is 10.2 Å². The van der Waals surface area contributed by atoms with Gasteiger partial charge in [0.25, 0.3) is 0 Å². The van der Waals surface area contributed by atoms with Gasteiger partial charge in [-0.3, -0.25) is 9.82 Å². The third-order valence-electron chi connectivity index (χ3n) is 6.80. The first-order valence-corrected chi connectivity index (χ1v) is 11.4. The molecule has 1 fully saturated rings. The molecule has 2 aromatic carbocycles. The fourth-order valence-corrected chi connectivity index (χ4v) is 4.88. The Hall–Kier alpha value is -3.12. The van der Waals surface area contributed by atoms with E-state index in [9.17, 15) is 4.79 Å².